The van der Waals surface area contributed by atoms with Gasteiger partial charge >= 0.3 is 0 Å². The predicted molar refractivity (Wildman–Crippen MR) is 112 cm³/mol. The van der Waals surface area contributed by atoms with Crippen molar-refractivity contribution >= 4 is 22.5 Å². The van der Waals surface area contributed by atoms with E-state index in [-0.39, 0.29) is 11.8 Å². The maximum atomic E-state index is 13.2. The lowest BCUT2D eigenvalue weighted by Gasteiger charge is -2.20. The number of benzene rings is 2. The Kier molecular flexibility index (Phi) is 5.45. The minimum atomic E-state index is 0.0205. The fourth-order valence-electron chi connectivity index (χ4n) is 3.12. The summed E-state index contributed by atoms with van der Waals surface area (Å²) in [6, 6.07) is 18.1. The highest BCUT2D eigenvalue weighted by molar-refractivity contribution is 6.06. The van der Waals surface area contributed by atoms with Crippen LogP contribution in [0.15, 0.2) is 54.6 Å². The monoisotopic (exact) mass is 361 g/mol. The molecule has 140 valence electrons. The third kappa shape index (κ3) is 4.11. The van der Waals surface area contributed by atoms with Gasteiger partial charge in [-0.25, -0.2) is 0 Å². The molecule has 0 fully saturated rings. The summed E-state index contributed by atoms with van der Waals surface area (Å²) in [4.78, 5) is 21.8. The molecule has 4 nitrogen and oxygen atoms in total. The molecule has 0 unspecified atom stereocenters. The largest absolute Gasteiger partial charge is 0.378 e. The maximum absolute atomic E-state index is 13.2. The number of fused-ring (bicyclic) bond motifs is 1. The number of hydrogen-bond acceptors (Lipinski definition) is 3. The maximum Gasteiger partial charge on any atom is 0.254 e. The van der Waals surface area contributed by atoms with Crippen molar-refractivity contribution in [3.05, 3.63) is 71.4 Å². The normalized spacial score (nSPS) is 11.0. The Morgan fingerprint density at radius 2 is 1.67 bits per heavy atom. The Labute approximate surface area is 161 Å². The van der Waals surface area contributed by atoms with E-state index < -0.39 is 0 Å². The Bertz CT molecular complexity index is 945. The van der Waals surface area contributed by atoms with Crippen LogP contribution in [0, 0.1) is 0 Å². The number of pyridine rings is 1. The molecule has 4 heteroatoms. The van der Waals surface area contributed by atoms with Gasteiger partial charge in [0, 0.05) is 44.5 Å². The standard InChI is InChI=1S/C23H27N3O/c1-16(2)22-14-20(19-8-6-7-9-21(19)24-22)23(27)26(5)15-17-10-12-18(13-11-17)25(3)4/h6-14,16H,15H2,1-5H3. The van der Waals surface area contributed by atoms with Gasteiger partial charge in [0.25, 0.3) is 5.91 Å². The second-order valence-corrected chi connectivity index (χ2v) is 7.49. The van der Waals surface area contributed by atoms with E-state index in [1.54, 1.807) is 4.90 Å². The average molecular weight is 361 g/mol. The third-order valence-corrected chi connectivity index (χ3v) is 4.78. The summed E-state index contributed by atoms with van der Waals surface area (Å²) in [7, 11) is 5.89. The first kappa shape index (κ1) is 18.9. The lowest BCUT2D eigenvalue weighted by Crippen LogP contribution is -2.26. The molecule has 1 heterocycles. The summed E-state index contributed by atoms with van der Waals surface area (Å²) < 4.78 is 0. The molecule has 0 atom stereocenters. The van der Waals surface area contributed by atoms with Crippen LogP contribution in [0.25, 0.3) is 10.9 Å². The quantitative estimate of drug-likeness (QED) is 0.661. The van der Waals surface area contributed by atoms with Crippen molar-refractivity contribution in [2.45, 2.75) is 26.3 Å². The molecule has 0 radical (unpaired) electrons. The molecule has 0 aliphatic heterocycles. The van der Waals surface area contributed by atoms with E-state index in [1.165, 1.54) is 0 Å². The van der Waals surface area contributed by atoms with Gasteiger partial charge in [0.1, 0.15) is 0 Å². The molecule has 0 aliphatic rings. The van der Waals surface area contributed by atoms with Gasteiger partial charge in [0.15, 0.2) is 0 Å². The van der Waals surface area contributed by atoms with Crippen molar-refractivity contribution in [1.82, 2.24) is 9.88 Å². The van der Waals surface area contributed by atoms with Gasteiger partial charge in [-0.05, 0) is 35.7 Å². The van der Waals surface area contributed by atoms with Crippen LogP contribution < -0.4 is 4.90 Å². The summed E-state index contributed by atoms with van der Waals surface area (Å²) in [6.07, 6.45) is 0. The van der Waals surface area contributed by atoms with E-state index in [4.69, 9.17) is 4.98 Å². The number of aromatic nitrogens is 1. The van der Waals surface area contributed by atoms with Crippen molar-refractivity contribution in [3.8, 4) is 0 Å². The van der Waals surface area contributed by atoms with Crippen LogP contribution in [0.1, 0.15) is 41.4 Å². The summed E-state index contributed by atoms with van der Waals surface area (Å²) in [5, 5.41) is 0.904. The van der Waals surface area contributed by atoms with Crippen LogP contribution in [0.2, 0.25) is 0 Å². The molecule has 3 aromatic rings. The first-order valence-electron chi connectivity index (χ1n) is 9.28. The number of carbonyl (C=O) groups excluding carboxylic acids is 1. The van der Waals surface area contributed by atoms with E-state index in [9.17, 15) is 4.79 Å². The van der Waals surface area contributed by atoms with Gasteiger partial charge in [0.2, 0.25) is 0 Å². The average Bonchev–Trinajstić information content (AvgIpc) is 2.66. The Morgan fingerprint density at radius 3 is 2.30 bits per heavy atom. The van der Waals surface area contributed by atoms with Crippen molar-refractivity contribution in [3.63, 3.8) is 0 Å². The van der Waals surface area contributed by atoms with E-state index in [1.807, 2.05) is 51.5 Å². The van der Waals surface area contributed by atoms with Gasteiger partial charge in [-0.1, -0.05) is 44.2 Å². The number of carbonyl (C=O) groups is 1. The van der Waals surface area contributed by atoms with Gasteiger partial charge in [-0.3, -0.25) is 9.78 Å². The number of para-hydroxylation sites is 1. The van der Waals surface area contributed by atoms with E-state index in [2.05, 4.69) is 43.0 Å². The molecule has 0 N–H and O–H groups in total. The van der Waals surface area contributed by atoms with Crippen LogP contribution in [-0.2, 0) is 6.54 Å². The summed E-state index contributed by atoms with van der Waals surface area (Å²) >= 11 is 0. The minimum absolute atomic E-state index is 0.0205. The van der Waals surface area contributed by atoms with Crippen LogP contribution >= 0.6 is 0 Å². The van der Waals surface area contributed by atoms with E-state index >= 15 is 0 Å². The van der Waals surface area contributed by atoms with Crippen LogP contribution in [0.4, 0.5) is 5.69 Å². The first-order valence-corrected chi connectivity index (χ1v) is 9.28. The smallest absolute Gasteiger partial charge is 0.254 e. The minimum Gasteiger partial charge on any atom is -0.378 e. The Balaban J connectivity index is 1.90. The van der Waals surface area contributed by atoms with Crippen molar-refractivity contribution in [2.75, 3.05) is 26.0 Å². The van der Waals surface area contributed by atoms with Gasteiger partial charge in [-0.15, -0.1) is 0 Å². The van der Waals surface area contributed by atoms with Crippen molar-refractivity contribution < 1.29 is 4.79 Å². The number of hydrogen-bond donors (Lipinski definition) is 0. The van der Waals surface area contributed by atoms with Crippen LogP contribution in [0.5, 0.6) is 0 Å². The summed E-state index contributed by atoms with van der Waals surface area (Å²) in [5.41, 5.74) is 4.79. The molecule has 0 spiro atoms. The molecule has 0 saturated heterocycles. The Morgan fingerprint density at radius 1 is 1.00 bits per heavy atom. The third-order valence-electron chi connectivity index (χ3n) is 4.78. The number of anilines is 1. The zero-order chi connectivity index (χ0) is 19.6. The van der Waals surface area contributed by atoms with Crippen LogP contribution in [0.3, 0.4) is 0 Å². The molecular formula is C23H27N3O. The number of rotatable bonds is 5. The summed E-state index contributed by atoms with van der Waals surface area (Å²) in [6.45, 7) is 4.77. The predicted octanol–water partition coefficient (Wildman–Crippen LogP) is 4.70. The molecule has 1 amide bonds. The number of amides is 1. The molecule has 1 aromatic heterocycles. The second kappa shape index (κ2) is 7.78. The van der Waals surface area contributed by atoms with Gasteiger partial charge in [-0.2, -0.15) is 0 Å². The molecule has 0 bridgehead atoms. The highest BCUT2D eigenvalue weighted by atomic mass is 16.2. The highest BCUT2D eigenvalue weighted by Gasteiger charge is 2.18. The zero-order valence-electron chi connectivity index (χ0n) is 16.7. The molecular weight excluding hydrogens is 334 g/mol. The molecule has 0 saturated carbocycles. The van der Waals surface area contributed by atoms with E-state index in [0.29, 0.717) is 6.54 Å². The fourth-order valence-corrected chi connectivity index (χ4v) is 3.12. The number of nitrogens with zero attached hydrogens (tertiary/aromatic N) is 3. The van der Waals surface area contributed by atoms with E-state index in [0.717, 1.165) is 33.4 Å². The SMILES string of the molecule is CC(C)c1cc(C(=O)N(C)Cc2ccc(N(C)C)cc2)c2ccccc2n1. The zero-order valence-corrected chi connectivity index (χ0v) is 16.7. The highest BCUT2D eigenvalue weighted by Crippen LogP contribution is 2.24. The van der Waals surface area contributed by atoms with Gasteiger partial charge in [0.05, 0.1) is 11.1 Å². The van der Waals surface area contributed by atoms with Gasteiger partial charge < -0.3 is 9.80 Å². The van der Waals surface area contributed by atoms with Crippen molar-refractivity contribution in [1.29, 1.82) is 0 Å². The molecule has 3 rings (SSSR count). The van der Waals surface area contributed by atoms with Crippen molar-refractivity contribution in [2.24, 2.45) is 0 Å². The topological polar surface area (TPSA) is 36.4 Å². The first-order chi connectivity index (χ1) is 12.9. The molecule has 0 aliphatic carbocycles. The van der Waals surface area contributed by atoms with Crippen LogP contribution in [-0.4, -0.2) is 36.9 Å². The Hall–Kier alpha value is -2.88. The molecule has 2 aromatic carbocycles. The fraction of sp³-hybridized carbons (Fsp3) is 0.304. The second-order valence-electron chi connectivity index (χ2n) is 7.49. The lowest BCUT2D eigenvalue weighted by molar-refractivity contribution is 0.0787. The molecule has 27 heavy (non-hydrogen) atoms. The lowest BCUT2D eigenvalue weighted by atomic mass is 10.0. The summed E-state index contributed by atoms with van der Waals surface area (Å²) in [5.74, 6) is 0.289.